The minimum absolute atomic E-state index is 0.0628. The van der Waals surface area contributed by atoms with Crippen LogP contribution < -0.4 is 4.90 Å². The summed E-state index contributed by atoms with van der Waals surface area (Å²) in [5.74, 6) is -1.40. The zero-order valence-corrected chi connectivity index (χ0v) is 20.5. The smallest absolute Gasteiger partial charge is 0.314 e. The van der Waals surface area contributed by atoms with E-state index in [4.69, 9.17) is 4.42 Å². The Morgan fingerprint density at radius 2 is 1.78 bits per heavy atom. The van der Waals surface area contributed by atoms with Gasteiger partial charge in [0.1, 0.15) is 0 Å². The number of halogens is 3. The molecule has 10 heteroatoms. The molecule has 0 unspecified atom stereocenters. The van der Waals surface area contributed by atoms with E-state index in [1.54, 1.807) is 36.4 Å². The number of para-hydroxylation sites is 1. The molecule has 1 aliphatic carbocycles. The number of likely N-dealkylation sites (tertiary alicyclic amines) is 1. The van der Waals surface area contributed by atoms with Crippen LogP contribution in [0, 0.1) is 0 Å². The van der Waals surface area contributed by atoms with E-state index in [1.807, 2.05) is 6.07 Å². The average Bonchev–Trinajstić information content (AvgIpc) is 3.44. The van der Waals surface area contributed by atoms with Crippen LogP contribution in [0.2, 0.25) is 0 Å². The Morgan fingerprint density at radius 1 is 1.05 bits per heavy atom. The summed E-state index contributed by atoms with van der Waals surface area (Å²) in [6.07, 6.45) is 4.89. The summed E-state index contributed by atoms with van der Waals surface area (Å²) in [5, 5.41) is 6.96. The van der Waals surface area contributed by atoms with E-state index >= 15 is 4.39 Å². The predicted octanol–water partition coefficient (Wildman–Crippen LogP) is 5.74. The van der Waals surface area contributed by atoms with Crippen LogP contribution in [0.4, 0.5) is 18.9 Å². The van der Waals surface area contributed by atoms with Crippen molar-refractivity contribution in [1.29, 1.82) is 0 Å². The summed E-state index contributed by atoms with van der Waals surface area (Å²) in [6, 6.07) is 12.7. The SMILES string of the molecule is O=C(N(Cc1ccc(-c2nnc(C(F)F)o2)cn1)c1ccccc1)C1(F)CCN(C2CCCCC2)CC1. The van der Waals surface area contributed by atoms with Crippen molar-refractivity contribution >= 4 is 11.6 Å². The number of benzene rings is 1. The normalized spacial score (nSPS) is 18.7. The second-order valence-electron chi connectivity index (χ2n) is 9.80. The highest BCUT2D eigenvalue weighted by atomic mass is 19.3. The molecule has 3 heterocycles. The first-order valence-corrected chi connectivity index (χ1v) is 12.8. The lowest BCUT2D eigenvalue weighted by atomic mass is 9.87. The zero-order chi connectivity index (χ0) is 25.8. The van der Waals surface area contributed by atoms with Gasteiger partial charge in [0.2, 0.25) is 5.89 Å². The molecule has 2 aliphatic rings. The van der Waals surface area contributed by atoms with Gasteiger partial charge in [-0.15, -0.1) is 10.2 Å². The first-order valence-electron chi connectivity index (χ1n) is 12.8. The number of nitrogens with zero attached hydrogens (tertiary/aromatic N) is 5. The van der Waals surface area contributed by atoms with Crippen LogP contribution >= 0.6 is 0 Å². The molecule has 1 aliphatic heterocycles. The number of carbonyl (C=O) groups excluding carboxylic acids is 1. The number of amides is 1. The lowest BCUT2D eigenvalue weighted by Crippen LogP contribution is -2.54. The number of alkyl halides is 3. The molecule has 1 saturated carbocycles. The van der Waals surface area contributed by atoms with E-state index in [0.29, 0.717) is 36.1 Å². The Balaban J connectivity index is 1.31. The van der Waals surface area contributed by atoms with Crippen molar-refractivity contribution in [3.8, 4) is 11.5 Å². The van der Waals surface area contributed by atoms with Gasteiger partial charge in [0.25, 0.3) is 11.8 Å². The van der Waals surface area contributed by atoms with Crippen LogP contribution in [0.25, 0.3) is 11.5 Å². The highest BCUT2D eigenvalue weighted by molar-refractivity contribution is 5.99. The van der Waals surface area contributed by atoms with Gasteiger partial charge >= 0.3 is 6.43 Å². The lowest BCUT2D eigenvalue weighted by molar-refractivity contribution is -0.134. The van der Waals surface area contributed by atoms with Crippen molar-refractivity contribution in [2.45, 2.75) is 69.6 Å². The van der Waals surface area contributed by atoms with E-state index in [9.17, 15) is 13.6 Å². The van der Waals surface area contributed by atoms with E-state index in [1.165, 1.54) is 30.4 Å². The molecule has 37 heavy (non-hydrogen) atoms. The van der Waals surface area contributed by atoms with Crippen molar-refractivity contribution in [2.24, 2.45) is 0 Å². The summed E-state index contributed by atoms with van der Waals surface area (Å²) in [6.45, 7) is 1.22. The van der Waals surface area contributed by atoms with Gasteiger partial charge in [0.05, 0.1) is 17.8 Å². The maximum absolute atomic E-state index is 16.2. The third-order valence-corrected chi connectivity index (χ3v) is 7.40. The molecule has 0 spiro atoms. The molecule has 1 aromatic carbocycles. The number of piperidine rings is 1. The molecular formula is C27H30F3N5O2. The number of pyridine rings is 1. The van der Waals surface area contributed by atoms with Crippen molar-refractivity contribution in [3.05, 3.63) is 60.2 Å². The molecule has 2 aromatic heterocycles. The third-order valence-electron chi connectivity index (χ3n) is 7.40. The van der Waals surface area contributed by atoms with Crippen LogP contribution in [0.3, 0.4) is 0 Å². The van der Waals surface area contributed by atoms with Crippen molar-refractivity contribution < 1.29 is 22.4 Å². The van der Waals surface area contributed by atoms with Crippen LogP contribution in [0.1, 0.15) is 63.0 Å². The summed E-state index contributed by atoms with van der Waals surface area (Å²) < 4.78 is 46.7. The van der Waals surface area contributed by atoms with Gasteiger partial charge in [-0.2, -0.15) is 8.78 Å². The number of hydrogen-bond acceptors (Lipinski definition) is 6. The molecule has 0 radical (unpaired) electrons. The highest BCUT2D eigenvalue weighted by Gasteiger charge is 2.45. The summed E-state index contributed by atoms with van der Waals surface area (Å²) >= 11 is 0. The molecule has 1 saturated heterocycles. The van der Waals surface area contributed by atoms with Gasteiger partial charge in [-0.25, -0.2) is 4.39 Å². The molecule has 196 valence electrons. The fourth-order valence-corrected chi connectivity index (χ4v) is 5.28. The molecule has 3 aromatic rings. The predicted molar refractivity (Wildman–Crippen MR) is 132 cm³/mol. The van der Waals surface area contributed by atoms with Gasteiger partial charge in [0, 0.05) is 43.9 Å². The average molecular weight is 514 g/mol. The Morgan fingerprint density at radius 3 is 2.41 bits per heavy atom. The minimum atomic E-state index is -2.86. The van der Waals surface area contributed by atoms with Crippen molar-refractivity contribution in [2.75, 3.05) is 18.0 Å². The molecule has 1 amide bonds. The summed E-state index contributed by atoms with van der Waals surface area (Å²) in [4.78, 5) is 21.8. The van der Waals surface area contributed by atoms with Gasteiger partial charge in [0.15, 0.2) is 5.67 Å². The third kappa shape index (κ3) is 5.69. The lowest BCUT2D eigenvalue weighted by Gasteiger charge is -2.42. The van der Waals surface area contributed by atoms with Crippen molar-refractivity contribution in [1.82, 2.24) is 20.1 Å². The largest absolute Gasteiger partial charge is 0.415 e. The topological polar surface area (TPSA) is 75.4 Å². The Labute approximate surface area is 213 Å². The maximum Gasteiger partial charge on any atom is 0.314 e. The molecule has 0 atom stereocenters. The van der Waals surface area contributed by atoms with Gasteiger partial charge in [-0.3, -0.25) is 9.78 Å². The Hall–Kier alpha value is -3.27. The van der Waals surface area contributed by atoms with Crippen LogP contribution in [0.15, 0.2) is 53.1 Å². The molecule has 7 nitrogen and oxygen atoms in total. The van der Waals surface area contributed by atoms with Crippen LogP contribution in [-0.4, -0.2) is 50.8 Å². The molecule has 2 fully saturated rings. The van der Waals surface area contributed by atoms with Crippen LogP contribution in [0.5, 0.6) is 0 Å². The van der Waals surface area contributed by atoms with Gasteiger partial charge < -0.3 is 14.2 Å². The molecule has 0 N–H and O–H groups in total. The Bertz CT molecular complexity index is 1170. The number of anilines is 1. The fraction of sp³-hybridized carbons (Fsp3) is 0.481. The van der Waals surface area contributed by atoms with Gasteiger partial charge in [-0.05, 0) is 37.1 Å². The second kappa shape index (κ2) is 11.0. The Kier molecular flexibility index (Phi) is 7.55. The number of aromatic nitrogens is 3. The van der Waals surface area contributed by atoms with Crippen molar-refractivity contribution in [3.63, 3.8) is 0 Å². The van der Waals surface area contributed by atoms with Crippen LogP contribution in [-0.2, 0) is 11.3 Å². The monoisotopic (exact) mass is 513 g/mol. The maximum atomic E-state index is 16.2. The van der Waals surface area contributed by atoms with E-state index < -0.39 is 23.9 Å². The summed E-state index contributed by atoms with van der Waals surface area (Å²) in [5.41, 5.74) is -0.477. The number of carbonyl (C=O) groups is 1. The number of rotatable bonds is 7. The zero-order valence-electron chi connectivity index (χ0n) is 20.5. The fourth-order valence-electron chi connectivity index (χ4n) is 5.28. The molecular weight excluding hydrogens is 483 g/mol. The van der Waals surface area contributed by atoms with E-state index in [-0.39, 0.29) is 25.3 Å². The second-order valence-corrected chi connectivity index (χ2v) is 9.80. The number of hydrogen-bond donors (Lipinski definition) is 0. The summed E-state index contributed by atoms with van der Waals surface area (Å²) in [7, 11) is 0. The minimum Gasteiger partial charge on any atom is -0.415 e. The van der Waals surface area contributed by atoms with Gasteiger partial charge in [-0.1, -0.05) is 37.5 Å². The first kappa shape index (κ1) is 25.4. The molecule has 5 rings (SSSR count). The molecule has 0 bridgehead atoms. The van der Waals surface area contributed by atoms with E-state index in [0.717, 1.165) is 12.8 Å². The van der Waals surface area contributed by atoms with E-state index in [2.05, 4.69) is 20.1 Å². The first-order chi connectivity index (χ1) is 17.9. The highest BCUT2D eigenvalue weighted by Crippen LogP contribution is 2.34. The quantitative estimate of drug-likeness (QED) is 0.401. The standard InChI is InChI=1S/C27H30F3N5O2/c28-23(29)25-33-32-24(37-25)19-11-12-20(31-17-19)18-35(22-9-5-2-6-10-22)26(36)27(30)13-15-34(16-14-27)21-7-3-1-4-8-21/h2,5-6,9-12,17,21,23H,1,3-4,7-8,13-16,18H2.